The van der Waals surface area contributed by atoms with Crippen molar-refractivity contribution in [2.24, 2.45) is 0 Å². The predicted octanol–water partition coefficient (Wildman–Crippen LogP) is 0.972. The Hall–Kier alpha value is -1.96. The SMILES string of the molecule is COc1ccc(C(=O)N2CCC(S(C)(=O)=O)C2)c(OC)c1OC. The first-order valence-electron chi connectivity index (χ1n) is 7.10. The maximum Gasteiger partial charge on any atom is 0.257 e. The molecule has 0 N–H and O–H groups in total. The molecule has 1 fully saturated rings. The minimum atomic E-state index is -3.16. The van der Waals surface area contributed by atoms with Crippen molar-refractivity contribution in [1.29, 1.82) is 0 Å². The van der Waals surface area contributed by atoms with Gasteiger partial charge in [0.25, 0.3) is 5.91 Å². The summed E-state index contributed by atoms with van der Waals surface area (Å²) >= 11 is 0. The highest BCUT2D eigenvalue weighted by atomic mass is 32.2. The van der Waals surface area contributed by atoms with Gasteiger partial charge in [0, 0.05) is 19.3 Å². The van der Waals surface area contributed by atoms with Crippen LogP contribution >= 0.6 is 0 Å². The van der Waals surface area contributed by atoms with E-state index in [9.17, 15) is 13.2 Å². The number of ether oxygens (including phenoxy) is 3. The van der Waals surface area contributed by atoms with Crippen LogP contribution in [0, 0.1) is 0 Å². The number of carbonyl (C=O) groups is 1. The number of methoxy groups -OCH3 is 3. The molecule has 1 aliphatic rings. The fourth-order valence-electron chi connectivity index (χ4n) is 2.70. The molecule has 1 heterocycles. The van der Waals surface area contributed by atoms with Crippen LogP contribution in [0.15, 0.2) is 12.1 Å². The first-order chi connectivity index (χ1) is 10.8. The third kappa shape index (κ3) is 3.36. The van der Waals surface area contributed by atoms with Crippen molar-refractivity contribution in [3.8, 4) is 17.2 Å². The van der Waals surface area contributed by atoms with Crippen LogP contribution in [0.4, 0.5) is 0 Å². The molecule has 1 unspecified atom stereocenters. The fraction of sp³-hybridized carbons (Fsp3) is 0.533. The Kier molecular flexibility index (Phi) is 5.03. The van der Waals surface area contributed by atoms with Crippen LogP contribution in [-0.4, -0.2) is 65.1 Å². The van der Waals surface area contributed by atoms with Crippen molar-refractivity contribution < 1.29 is 27.4 Å². The van der Waals surface area contributed by atoms with Crippen LogP contribution in [0.3, 0.4) is 0 Å². The first kappa shape index (κ1) is 17.4. The third-order valence-electron chi connectivity index (χ3n) is 3.97. The lowest BCUT2D eigenvalue weighted by atomic mass is 10.1. The molecule has 1 aromatic rings. The lowest BCUT2D eigenvalue weighted by molar-refractivity contribution is 0.0789. The normalized spacial score (nSPS) is 17.9. The zero-order chi connectivity index (χ0) is 17.2. The van der Waals surface area contributed by atoms with Crippen LogP contribution in [0.25, 0.3) is 0 Å². The number of amides is 1. The molecular formula is C15H21NO6S. The highest BCUT2D eigenvalue weighted by Crippen LogP contribution is 2.40. The average Bonchev–Trinajstić information content (AvgIpc) is 3.02. The number of hydrogen-bond donors (Lipinski definition) is 0. The molecule has 7 nitrogen and oxygen atoms in total. The van der Waals surface area contributed by atoms with Gasteiger partial charge in [-0.15, -0.1) is 0 Å². The quantitative estimate of drug-likeness (QED) is 0.792. The molecule has 0 aliphatic carbocycles. The summed E-state index contributed by atoms with van der Waals surface area (Å²) in [7, 11) is 1.24. The zero-order valence-corrected chi connectivity index (χ0v) is 14.5. The molecular weight excluding hydrogens is 322 g/mol. The summed E-state index contributed by atoms with van der Waals surface area (Å²) in [5.74, 6) is 0.782. The molecule has 23 heavy (non-hydrogen) atoms. The summed E-state index contributed by atoms with van der Waals surface area (Å²) in [4.78, 5) is 14.2. The van der Waals surface area contributed by atoms with E-state index in [0.29, 0.717) is 30.0 Å². The van der Waals surface area contributed by atoms with Gasteiger partial charge < -0.3 is 19.1 Å². The molecule has 0 saturated carbocycles. The summed E-state index contributed by atoms with van der Waals surface area (Å²) < 4.78 is 39.1. The molecule has 0 spiro atoms. The lowest BCUT2D eigenvalue weighted by Gasteiger charge is -2.20. The fourth-order valence-corrected chi connectivity index (χ4v) is 3.69. The Morgan fingerprint density at radius 3 is 2.26 bits per heavy atom. The Labute approximate surface area is 136 Å². The maximum absolute atomic E-state index is 12.7. The van der Waals surface area contributed by atoms with Crippen molar-refractivity contribution in [2.75, 3.05) is 40.7 Å². The maximum atomic E-state index is 12.7. The molecule has 1 atom stereocenters. The van der Waals surface area contributed by atoms with E-state index in [1.165, 1.54) is 32.5 Å². The van der Waals surface area contributed by atoms with Crippen molar-refractivity contribution in [2.45, 2.75) is 11.7 Å². The number of likely N-dealkylation sites (tertiary alicyclic amines) is 1. The van der Waals surface area contributed by atoms with Crippen molar-refractivity contribution in [1.82, 2.24) is 4.90 Å². The number of carbonyl (C=O) groups excluding carboxylic acids is 1. The molecule has 8 heteroatoms. The van der Waals surface area contributed by atoms with Crippen LogP contribution < -0.4 is 14.2 Å². The number of sulfone groups is 1. The molecule has 2 rings (SSSR count). The summed E-state index contributed by atoms with van der Waals surface area (Å²) in [5.41, 5.74) is 0.319. The Bertz CT molecular complexity index is 700. The van der Waals surface area contributed by atoms with E-state index < -0.39 is 15.1 Å². The van der Waals surface area contributed by atoms with E-state index in [2.05, 4.69) is 0 Å². The smallest absolute Gasteiger partial charge is 0.257 e. The van der Waals surface area contributed by atoms with Gasteiger partial charge in [0.2, 0.25) is 5.75 Å². The van der Waals surface area contributed by atoms with Gasteiger partial charge in [-0.2, -0.15) is 0 Å². The second kappa shape index (κ2) is 6.66. The van der Waals surface area contributed by atoms with Crippen LogP contribution in [0.2, 0.25) is 0 Å². The van der Waals surface area contributed by atoms with E-state index in [1.807, 2.05) is 0 Å². The molecule has 1 aromatic carbocycles. The molecule has 0 aromatic heterocycles. The van der Waals surface area contributed by atoms with Crippen molar-refractivity contribution in [3.63, 3.8) is 0 Å². The number of rotatable bonds is 5. The molecule has 1 amide bonds. The minimum absolute atomic E-state index is 0.190. The lowest BCUT2D eigenvalue weighted by Crippen LogP contribution is -2.31. The highest BCUT2D eigenvalue weighted by Gasteiger charge is 2.34. The second-order valence-corrected chi connectivity index (χ2v) is 7.70. The van der Waals surface area contributed by atoms with Crippen LogP contribution in [0.5, 0.6) is 17.2 Å². The van der Waals surface area contributed by atoms with E-state index >= 15 is 0 Å². The molecule has 128 valence electrons. The molecule has 0 bridgehead atoms. The van der Waals surface area contributed by atoms with Crippen molar-refractivity contribution >= 4 is 15.7 Å². The van der Waals surface area contributed by atoms with Crippen molar-refractivity contribution in [3.05, 3.63) is 17.7 Å². The monoisotopic (exact) mass is 343 g/mol. The van der Waals surface area contributed by atoms with Gasteiger partial charge in [0.15, 0.2) is 21.3 Å². The van der Waals surface area contributed by atoms with Gasteiger partial charge in [-0.25, -0.2) is 8.42 Å². The van der Waals surface area contributed by atoms with Crippen LogP contribution in [-0.2, 0) is 9.84 Å². The largest absolute Gasteiger partial charge is 0.493 e. The van der Waals surface area contributed by atoms with Gasteiger partial charge in [-0.3, -0.25) is 4.79 Å². The number of benzene rings is 1. The van der Waals surface area contributed by atoms with E-state index in [4.69, 9.17) is 14.2 Å². The topological polar surface area (TPSA) is 82.1 Å². The van der Waals surface area contributed by atoms with Crippen LogP contribution in [0.1, 0.15) is 16.8 Å². The number of hydrogen-bond acceptors (Lipinski definition) is 6. The summed E-state index contributed by atoms with van der Waals surface area (Å²) in [6.07, 6.45) is 1.64. The summed E-state index contributed by atoms with van der Waals surface area (Å²) in [6.45, 7) is 0.587. The summed E-state index contributed by atoms with van der Waals surface area (Å²) in [5, 5.41) is -0.516. The first-order valence-corrected chi connectivity index (χ1v) is 9.06. The summed E-state index contributed by atoms with van der Waals surface area (Å²) in [6, 6.07) is 3.22. The third-order valence-corrected chi connectivity index (χ3v) is 5.57. The Morgan fingerprint density at radius 1 is 1.13 bits per heavy atom. The van der Waals surface area contributed by atoms with E-state index in [-0.39, 0.29) is 18.2 Å². The Balaban J connectivity index is 2.34. The van der Waals surface area contributed by atoms with E-state index in [1.54, 1.807) is 12.1 Å². The second-order valence-electron chi connectivity index (χ2n) is 5.37. The molecule has 1 saturated heterocycles. The zero-order valence-electron chi connectivity index (χ0n) is 13.7. The number of nitrogens with zero attached hydrogens (tertiary/aromatic N) is 1. The van der Waals surface area contributed by atoms with Gasteiger partial charge in [0.1, 0.15) is 0 Å². The standard InChI is InChI=1S/C15H21NO6S/c1-20-12-6-5-11(13(21-2)14(12)22-3)15(17)16-8-7-10(9-16)23(4,18)19/h5-6,10H,7-9H2,1-4H3. The van der Waals surface area contributed by atoms with Gasteiger partial charge in [-0.05, 0) is 18.6 Å². The average molecular weight is 343 g/mol. The predicted molar refractivity (Wildman–Crippen MR) is 85.3 cm³/mol. The highest BCUT2D eigenvalue weighted by molar-refractivity contribution is 7.91. The van der Waals surface area contributed by atoms with Gasteiger partial charge in [0.05, 0.1) is 32.1 Å². The van der Waals surface area contributed by atoms with Gasteiger partial charge in [-0.1, -0.05) is 0 Å². The minimum Gasteiger partial charge on any atom is -0.493 e. The molecule has 0 radical (unpaired) electrons. The molecule has 1 aliphatic heterocycles. The Morgan fingerprint density at radius 2 is 1.78 bits per heavy atom. The van der Waals surface area contributed by atoms with E-state index in [0.717, 1.165) is 0 Å². The van der Waals surface area contributed by atoms with Gasteiger partial charge >= 0.3 is 0 Å².